The van der Waals surface area contributed by atoms with Crippen molar-refractivity contribution >= 4 is 17.7 Å². The van der Waals surface area contributed by atoms with E-state index in [0.29, 0.717) is 12.3 Å². The first-order valence-corrected chi connectivity index (χ1v) is 8.73. The molecular weight excluding hydrogens is 339 g/mol. The molecule has 1 aromatic rings. The molecule has 0 aliphatic carbocycles. The van der Waals surface area contributed by atoms with Crippen molar-refractivity contribution in [1.29, 1.82) is 0 Å². The van der Waals surface area contributed by atoms with Gasteiger partial charge in [0.2, 0.25) is 0 Å². The van der Waals surface area contributed by atoms with E-state index < -0.39 is 18.1 Å². The third kappa shape index (κ3) is 8.03. The summed E-state index contributed by atoms with van der Waals surface area (Å²) in [5.74, 6) is -0.606. The molecule has 1 rings (SSSR count). The number of rotatable bonds is 9. The molecule has 0 heterocycles. The fraction of sp³-hybridized carbons (Fsp3) is 0.562. The first-order valence-electron chi connectivity index (χ1n) is 7.58. The number of nitrogens with two attached hydrogens (primary N) is 1. The maximum Gasteiger partial charge on any atom is 0.471 e. The zero-order valence-corrected chi connectivity index (χ0v) is 14.7. The van der Waals surface area contributed by atoms with Crippen LogP contribution in [0.15, 0.2) is 30.3 Å². The second kappa shape index (κ2) is 9.90. The highest BCUT2D eigenvalue weighted by molar-refractivity contribution is 7.98. The number of hydrogen-bond acceptors (Lipinski definition) is 4. The number of hydrogen-bond donors (Lipinski definition) is 1. The SMILES string of the molecule is CN(C)CCN(C[C@@H](N)CSCc1ccccc1)C(=O)C(F)(F)F. The van der Waals surface area contributed by atoms with Crippen LogP contribution < -0.4 is 5.73 Å². The van der Waals surface area contributed by atoms with Gasteiger partial charge in [0.25, 0.3) is 0 Å². The summed E-state index contributed by atoms with van der Waals surface area (Å²) < 4.78 is 38.1. The Bertz CT molecular complexity index is 497. The average molecular weight is 363 g/mol. The molecular formula is C16H24F3N3OS. The Morgan fingerprint density at radius 3 is 2.38 bits per heavy atom. The van der Waals surface area contributed by atoms with Gasteiger partial charge in [-0.05, 0) is 19.7 Å². The van der Waals surface area contributed by atoms with Gasteiger partial charge in [0.15, 0.2) is 0 Å². The van der Waals surface area contributed by atoms with Crippen LogP contribution in [-0.4, -0.2) is 67.4 Å². The van der Waals surface area contributed by atoms with E-state index >= 15 is 0 Å². The Balaban J connectivity index is 2.50. The lowest BCUT2D eigenvalue weighted by Gasteiger charge is -2.27. The van der Waals surface area contributed by atoms with Crippen molar-refractivity contribution in [2.45, 2.75) is 18.0 Å². The predicted octanol–water partition coefficient (Wildman–Crippen LogP) is 2.20. The van der Waals surface area contributed by atoms with Crippen molar-refractivity contribution in [2.24, 2.45) is 5.73 Å². The smallest absolute Gasteiger partial charge is 0.332 e. The van der Waals surface area contributed by atoms with Gasteiger partial charge in [0.1, 0.15) is 0 Å². The first kappa shape index (κ1) is 20.8. The lowest BCUT2D eigenvalue weighted by atomic mass is 10.2. The Morgan fingerprint density at radius 2 is 1.83 bits per heavy atom. The molecule has 8 heteroatoms. The van der Waals surface area contributed by atoms with E-state index in [9.17, 15) is 18.0 Å². The highest BCUT2D eigenvalue weighted by Gasteiger charge is 2.42. The van der Waals surface area contributed by atoms with Gasteiger partial charge < -0.3 is 15.5 Å². The summed E-state index contributed by atoms with van der Waals surface area (Å²) in [6, 6.07) is 9.24. The molecule has 1 atom stereocenters. The van der Waals surface area contributed by atoms with Gasteiger partial charge in [-0.1, -0.05) is 30.3 Å². The van der Waals surface area contributed by atoms with Crippen molar-refractivity contribution in [3.05, 3.63) is 35.9 Å². The molecule has 0 spiro atoms. The molecule has 2 N–H and O–H groups in total. The molecule has 136 valence electrons. The molecule has 0 unspecified atom stereocenters. The van der Waals surface area contributed by atoms with Gasteiger partial charge in [0.05, 0.1) is 0 Å². The van der Waals surface area contributed by atoms with Crippen LogP contribution in [0.4, 0.5) is 13.2 Å². The molecule has 0 aromatic heterocycles. The molecule has 24 heavy (non-hydrogen) atoms. The zero-order chi connectivity index (χ0) is 18.2. The van der Waals surface area contributed by atoms with Crippen molar-refractivity contribution < 1.29 is 18.0 Å². The zero-order valence-electron chi connectivity index (χ0n) is 13.9. The van der Waals surface area contributed by atoms with E-state index in [1.165, 1.54) is 0 Å². The van der Waals surface area contributed by atoms with Crippen molar-refractivity contribution in [1.82, 2.24) is 9.80 Å². The number of likely N-dealkylation sites (N-methyl/N-ethyl adjacent to an activating group) is 1. The lowest BCUT2D eigenvalue weighted by molar-refractivity contribution is -0.185. The van der Waals surface area contributed by atoms with Crippen LogP contribution in [0.1, 0.15) is 5.56 Å². The summed E-state index contributed by atoms with van der Waals surface area (Å²) in [7, 11) is 3.48. The Morgan fingerprint density at radius 1 is 1.21 bits per heavy atom. The van der Waals surface area contributed by atoms with Crippen LogP contribution in [0, 0.1) is 0 Å². The topological polar surface area (TPSA) is 49.6 Å². The fourth-order valence-electron chi connectivity index (χ4n) is 2.01. The van der Waals surface area contributed by atoms with Crippen molar-refractivity contribution in [2.75, 3.05) is 39.5 Å². The van der Waals surface area contributed by atoms with E-state index in [1.807, 2.05) is 30.3 Å². The highest BCUT2D eigenvalue weighted by Crippen LogP contribution is 2.19. The number of carbonyl (C=O) groups is 1. The Labute approximate surface area is 145 Å². The molecule has 4 nitrogen and oxygen atoms in total. The molecule has 0 saturated carbocycles. The first-order chi connectivity index (χ1) is 11.2. The molecule has 1 amide bonds. The summed E-state index contributed by atoms with van der Waals surface area (Å²) in [6.07, 6.45) is -4.87. The van der Waals surface area contributed by atoms with Gasteiger partial charge >= 0.3 is 12.1 Å². The second-order valence-electron chi connectivity index (χ2n) is 5.81. The molecule has 0 aliphatic heterocycles. The van der Waals surface area contributed by atoms with Crippen LogP contribution in [0.3, 0.4) is 0 Å². The number of carbonyl (C=O) groups excluding carboxylic acids is 1. The Kier molecular flexibility index (Phi) is 8.58. The normalized spacial score (nSPS) is 13.1. The van der Waals surface area contributed by atoms with Crippen LogP contribution in [-0.2, 0) is 10.5 Å². The maximum absolute atomic E-state index is 12.7. The van der Waals surface area contributed by atoms with Gasteiger partial charge in [-0.3, -0.25) is 4.79 Å². The van der Waals surface area contributed by atoms with Crippen molar-refractivity contribution in [3.63, 3.8) is 0 Å². The maximum atomic E-state index is 12.7. The Hall–Kier alpha value is -1.25. The number of nitrogens with zero attached hydrogens (tertiary/aromatic N) is 2. The second-order valence-corrected chi connectivity index (χ2v) is 6.84. The molecule has 0 saturated heterocycles. The summed E-state index contributed by atoms with van der Waals surface area (Å²) >= 11 is 1.55. The quantitative estimate of drug-likeness (QED) is 0.731. The highest BCUT2D eigenvalue weighted by atomic mass is 32.2. The number of amides is 1. The lowest BCUT2D eigenvalue weighted by Crippen LogP contribution is -2.49. The van der Waals surface area contributed by atoms with E-state index in [-0.39, 0.29) is 13.1 Å². The molecule has 0 bridgehead atoms. The summed E-state index contributed by atoms with van der Waals surface area (Å²) in [4.78, 5) is 14.1. The number of alkyl halides is 3. The van der Waals surface area contributed by atoms with Gasteiger partial charge in [-0.2, -0.15) is 24.9 Å². The molecule has 1 aromatic carbocycles. The largest absolute Gasteiger partial charge is 0.471 e. The van der Waals surface area contributed by atoms with Crippen LogP contribution in [0.5, 0.6) is 0 Å². The molecule has 0 aliphatic rings. The van der Waals surface area contributed by atoms with Crippen molar-refractivity contribution in [3.8, 4) is 0 Å². The minimum atomic E-state index is -4.87. The summed E-state index contributed by atoms with van der Waals surface area (Å²) in [5.41, 5.74) is 7.06. The third-order valence-corrected chi connectivity index (χ3v) is 4.45. The van der Waals surface area contributed by atoms with Crippen LogP contribution in [0.2, 0.25) is 0 Å². The van der Waals surface area contributed by atoms with E-state index in [1.54, 1.807) is 30.8 Å². The monoisotopic (exact) mass is 363 g/mol. The van der Waals surface area contributed by atoms with Gasteiger partial charge in [0, 0.05) is 37.2 Å². The minimum absolute atomic E-state index is 0.00238. The molecule has 0 fully saturated rings. The minimum Gasteiger partial charge on any atom is -0.332 e. The van der Waals surface area contributed by atoms with Crippen LogP contribution in [0.25, 0.3) is 0 Å². The average Bonchev–Trinajstić information content (AvgIpc) is 2.50. The van der Waals surface area contributed by atoms with E-state index in [0.717, 1.165) is 16.2 Å². The summed E-state index contributed by atoms with van der Waals surface area (Å²) in [6.45, 7) is 0.252. The van der Waals surface area contributed by atoms with Crippen LogP contribution >= 0.6 is 11.8 Å². The third-order valence-electron chi connectivity index (χ3n) is 3.25. The molecule has 0 radical (unpaired) electrons. The van der Waals surface area contributed by atoms with E-state index in [2.05, 4.69) is 0 Å². The standard InChI is InChI=1S/C16H24F3N3OS/c1-21(2)8-9-22(15(23)16(17,18)19)10-14(20)12-24-11-13-6-4-3-5-7-13/h3-7,14H,8-12,20H2,1-2H3/t14-/m1/s1. The predicted molar refractivity (Wildman–Crippen MR) is 91.8 cm³/mol. The summed E-state index contributed by atoms with van der Waals surface area (Å²) in [5, 5.41) is 0. The number of benzene rings is 1. The van der Waals surface area contributed by atoms with Gasteiger partial charge in [-0.15, -0.1) is 0 Å². The van der Waals surface area contributed by atoms with Gasteiger partial charge in [-0.25, -0.2) is 0 Å². The number of thioether (sulfide) groups is 1. The van der Waals surface area contributed by atoms with E-state index in [4.69, 9.17) is 5.73 Å². The number of halogens is 3. The fourth-order valence-corrected chi connectivity index (χ4v) is 2.97.